The van der Waals surface area contributed by atoms with Crippen molar-refractivity contribution in [1.29, 1.82) is 5.26 Å². The number of aromatic nitrogens is 3. The number of pyridine rings is 1. The van der Waals surface area contributed by atoms with Crippen molar-refractivity contribution in [3.05, 3.63) is 53.7 Å². The summed E-state index contributed by atoms with van der Waals surface area (Å²) in [7, 11) is 1.49. The number of nitrogens with zero attached hydrogens (tertiary/aromatic N) is 5. The molecule has 1 N–H and O–H groups in total. The molecule has 2 aromatic heterocycles. The van der Waals surface area contributed by atoms with Crippen LogP contribution in [-0.4, -0.2) is 78.5 Å². The Hall–Kier alpha value is -4.27. The second-order valence-electron chi connectivity index (χ2n) is 10.2. The van der Waals surface area contributed by atoms with Crippen LogP contribution in [0, 0.1) is 23.2 Å². The second kappa shape index (κ2) is 11.5. The summed E-state index contributed by atoms with van der Waals surface area (Å²) < 4.78 is 22.5. The largest absolute Gasteiger partial charge is 0.489 e. The van der Waals surface area contributed by atoms with E-state index < -0.39 is 0 Å². The fourth-order valence-corrected chi connectivity index (χ4v) is 5.40. The standard InChI is InChI=1S/C29H30N6O5/c1-37-27-23(28(36)35-14-20-16-39-17-21(20)15-35)3-5-26(33-27)34-29-31-9-6-24(32-29)18-2-4-25(19(12-18)13-30)40-22-7-10-38-11-8-22/h2-6,9,12,20-22H,7-8,10-11,14-17H2,1H3,(H,31,32,33,34). The fourth-order valence-electron chi connectivity index (χ4n) is 5.40. The summed E-state index contributed by atoms with van der Waals surface area (Å²) in [6.45, 7) is 4.11. The minimum Gasteiger partial charge on any atom is -0.489 e. The van der Waals surface area contributed by atoms with Crippen molar-refractivity contribution in [2.45, 2.75) is 18.9 Å². The Labute approximate surface area is 232 Å². The number of fused-ring (bicyclic) bond motifs is 1. The lowest BCUT2D eigenvalue weighted by molar-refractivity contribution is 0.0254. The highest BCUT2D eigenvalue weighted by atomic mass is 16.5. The van der Waals surface area contributed by atoms with Gasteiger partial charge < -0.3 is 29.2 Å². The molecule has 2 unspecified atom stereocenters. The van der Waals surface area contributed by atoms with Crippen molar-refractivity contribution in [1.82, 2.24) is 19.9 Å². The highest BCUT2D eigenvalue weighted by molar-refractivity contribution is 5.97. The number of methoxy groups -OCH3 is 1. The number of carbonyl (C=O) groups excluding carboxylic acids is 1. The molecule has 0 spiro atoms. The summed E-state index contributed by atoms with van der Waals surface area (Å²) in [5.74, 6) is 2.25. The van der Waals surface area contributed by atoms with Crippen LogP contribution in [0.1, 0.15) is 28.8 Å². The maximum absolute atomic E-state index is 13.2. The summed E-state index contributed by atoms with van der Waals surface area (Å²) in [4.78, 5) is 28.5. The first kappa shape index (κ1) is 26.0. The molecular weight excluding hydrogens is 512 g/mol. The molecule has 1 aromatic carbocycles. The van der Waals surface area contributed by atoms with Gasteiger partial charge in [-0.2, -0.15) is 10.2 Å². The van der Waals surface area contributed by atoms with Crippen LogP contribution in [0.3, 0.4) is 0 Å². The van der Waals surface area contributed by atoms with Gasteiger partial charge in [0, 0.05) is 49.5 Å². The lowest BCUT2D eigenvalue weighted by Crippen LogP contribution is -2.30. The average molecular weight is 543 g/mol. The Morgan fingerprint density at radius 2 is 1.88 bits per heavy atom. The van der Waals surface area contributed by atoms with E-state index in [0.717, 1.165) is 18.4 Å². The first-order valence-electron chi connectivity index (χ1n) is 13.4. The minimum atomic E-state index is -0.0962. The number of ether oxygens (including phenoxy) is 4. The predicted octanol–water partition coefficient (Wildman–Crippen LogP) is 3.44. The van der Waals surface area contributed by atoms with Crippen molar-refractivity contribution >= 4 is 17.7 Å². The summed E-state index contributed by atoms with van der Waals surface area (Å²) in [6.07, 6.45) is 3.27. The van der Waals surface area contributed by atoms with Crippen LogP contribution < -0.4 is 14.8 Å². The topological polar surface area (TPSA) is 132 Å². The van der Waals surface area contributed by atoms with Gasteiger partial charge in [0.2, 0.25) is 11.8 Å². The normalized spacial score (nSPS) is 20.6. The van der Waals surface area contributed by atoms with Gasteiger partial charge in [0.1, 0.15) is 29.3 Å². The van der Waals surface area contributed by atoms with Gasteiger partial charge in [-0.15, -0.1) is 0 Å². The lowest BCUT2D eigenvalue weighted by Gasteiger charge is -2.23. The molecule has 3 aromatic rings. The van der Waals surface area contributed by atoms with E-state index in [9.17, 15) is 10.1 Å². The molecule has 11 nitrogen and oxygen atoms in total. The van der Waals surface area contributed by atoms with Gasteiger partial charge in [0.25, 0.3) is 5.91 Å². The van der Waals surface area contributed by atoms with E-state index in [1.807, 2.05) is 11.0 Å². The number of carbonyl (C=O) groups is 1. The highest BCUT2D eigenvalue weighted by Gasteiger charge is 2.39. The Morgan fingerprint density at radius 3 is 2.62 bits per heavy atom. The molecule has 206 valence electrons. The molecule has 40 heavy (non-hydrogen) atoms. The van der Waals surface area contributed by atoms with Crippen molar-refractivity contribution in [3.63, 3.8) is 0 Å². The van der Waals surface area contributed by atoms with Crippen molar-refractivity contribution < 1.29 is 23.7 Å². The minimum absolute atomic E-state index is 0.0392. The van der Waals surface area contributed by atoms with E-state index in [4.69, 9.17) is 18.9 Å². The van der Waals surface area contributed by atoms with Gasteiger partial charge >= 0.3 is 0 Å². The molecule has 11 heteroatoms. The van der Waals surface area contributed by atoms with Crippen molar-refractivity contribution in [2.24, 2.45) is 11.8 Å². The third kappa shape index (κ3) is 5.41. The third-order valence-corrected chi connectivity index (χ3v) is 7.56. The Bertz CT molecular complexity index is 1420. The van der Waals surface area contributed by atoms with Crippen LogP contribution in [0.2, 0.25) is 0 Å². The highest BCUT2D eigenvalue weighted by Crippen LogP contribution is 2.32. The number of nitrogens with one attached hydrogen (secondary N) is 1. The van der Waals surface area contributed by atoms with Gasteiger partial charge in [-0.1, -0.05) is 0 Å². The van der Waals surface area contributed by atoms with Crippen LogP contribution in [-0.2, 0) is 9.47 Å². The van der Waals surface area contributed by atoms with Gasteiger partial charge in [0.05, 0.1) is 44.8 Å². The van der Waals surface area contributed by atoms with Crippen LogP contribution in [0.4, 0.5) is 11.8 Å². The van der Waals surface area contributed by atoms with Gasteiger partial charge in [-0.05, 0) is 36.4 Å². The van der Waals surface area contributed by atoms with E-state index in [1.165, 1.54) is 7.11 Å². The molecule has 3 saturated heterocycles. The Morgan fingerprint density at radius 1 is 1.07 bits per heavy atom. The molecule has 3 aliphatic heterocycles. The zero-order valence-corrected chi connectivity index (χ0v) is 22.2. The van der Waals surface area contributed by atoms with E-state index in [1.54, 1.807) is 36.5 Å². The van der Waals surface area contributed by atoms with E-state index in [2.05, 4.69) is 26.3 Å². The molecule has 2 atom stereocenters. The first-order valence-corrected chi connectivity index (χ1v) is 13.4. The molecule has 0 bridgehead atoms. The molecule has 3 fully saturated rings. The molecule has 6 rings (SSSR count). The number of nitriles is 1. The number of likely N-dealkylation sites (tertiary alicyclic amines) is 1. The van der Waals surface area contributed by atoms with Gasteiger partial charge in [-0.25, -0.2) is 9.97 Å². The van der Waals surface area contributed by atoms with E-state index >= 15 is 0 Å². The summed E-state index contributed by atoms with van der Waals surface area (Å²) >= 11 is 0. The zero-order valence-electron chi connectivity index (χ0n) is 22.2. The van der Waals surface area contributed by atoms with Crippen LogP contribution in [0.15, 0.2) is 42.6 Å². The molecule has 5 heterocycles. The van der Waals surface area contributed by atoms with Gasteiger partial charge in [-0.3, -0.25) is 4.79 Å². The first-order chi connectivity index (χ1) is 19.6. The van der Waals surface area contributed by atoms with Crippen molar-refractivity contribution in [3.8, 4) is 29.0 Å². The average Bonchev–Trinajstić information content (AvgIpc) is 3.61. The Balaban J connectivity index is 1.17. The molecular formula is C29H30N6O5. The summed E-state index contributed by atoms with van der Waals surface area (Å²) in [5, 5.41) is 12.8. The smallest absolute Gasteiger partial charge is 0.259 e. The number of hydrogen-bond donors (Lipinski definition) is 1. The molecule has 0 radical (unpaired) electrons. The maximum atomic E-state index is 13.2. The maximum Gasteiger partial charge on any atom is 0.259 e. The SMILES string of the molecule is COc1nc(Nc2nccc(-c3ccc(OC4CCOCC4)c(C#N)c3)n2)ccc1C(=O)N1CC2COCC2C1. The summed E-state index contributed by atoms with van der Waals surface area (Å²) in [6, 6.07) is 12.9. The number of amides is 1. The number of benzene rings is 1. The third-order valence-electron chi connectivity index (χ3n) is 7.56. The fraction of sp³-hybridized carbons (Fsp3) is 0.414. The molecule has 1 amide bonds. The van der Waals surface area contributed by atoms with E-state index in [0.29, 0.717) is 85.7 Å². The number of anilines is 2. The molecule has 0 saturated carbocycles. The van der Waals surface area contributed by atoms with Crippen molar-refractivity contribution in [2.75, 3.05) is 51.9 Å². The summed E-state index contributed by atoms with van der Waals surface area (Å²) in [5.41, 5.74) is 2.25. The number of rotatable bonds is 7. The quantitative estimate of drug-likeness (QED) is 0.474. The van der Waals surface area contributed by atoms with Gasteiger partial charge in [0.15, 0.2) is 0 Å². The molecule has 0 aliphatic carbocycles. The molecule has 3 aliphatic rings. The predicted molar refractivity (Wildman–Crippen MR) is 144 cm³/mol. The zero-order chi connectivity index (χ0) is 27.5. The Kier molecular flexibility index (Phi) is 7.44. The second-order valence-corrected chi connectivity index (χ2v) is 10.2. The van der Waals surface area contributed by atoms with E-state index in [-0.39, 0.29) is 17.9 Å². The van der Waals surface area contributed by atoms with Crippen LogP contribution in [0.5, 0.6) is 11.6 Å². The van der Waals surface area contributed by atoms with Crippen LogP contribution in [0.25, 0.3) is 11.3 Å². The van der Waals surface area contributed by atoms with Crippen LogP contribution >= 0.6 is 0 Å². The lowest BCUT2D eigenvalue weighted by atomic mass is 10.0. The number of hydrogen-bond acceptors (Lipinski definition) is 10. The monoisotopic (exact) mass is 542 g/mol.